The maximum atomic E-state index is 12.1. The average molecular weight is 232 g/mol. The van der Waals surface area contributed by atoms with Crippen LogP contribution in [0.15, 0.2) is 0 Å². The van der Waals surface area contributed by atoms with Crippen LogP contribution in [0, 0.1) is 0 Å². The van der Waals surface area contributed by atoms with Crippen LogP contribution in [0.4, 0.5) is 13.2 Å². The Balaban J connectivity index is 3.77. The monoisotopic (exact) mass is 231 g/mol. The average Bonchev–Trinajstić information content (AvgIpc) is 2.02. The van der Waals surface area contributed by atoms with Crippen molar-refractivity contribution in [2.45, 2.75) is 32.4 Å². The van der Waals surface area contributed by atoms with Gasteiger partial charge in [-0.2, -0.15) is 13.2 Å². The molecule has 0 aromatic rings. The van der Waals surface area contributed by atoms with E-state index in [1.165, 1.54) is 4.90 Å². The number of unbranched alkanes of at least 4 members (excludes halogenated alkanes) is 2. The highest BCUT2D eigenvalue weighted by Crippen LogP contribution is 2.16. The molecule has 0 spiro atoms. The van der Waals surface area contributed by atoms with Crippen molar-refractivity contribution in [3.8, 4) is 0 Å². The SMILES string of the molecule is CCCCCN(CCCl)CC(F)(F)F. The highest BCUT2D eigenvalue weighted by Gasteiger charge is 2.29. The Kier molecular flexibility index (Phi) is 7.37. The highest BCUT2D eigenvalue weighted by molar-refractivity contribution is 6.18. The molecular weight excluding hydrogens is 215 g/mol. The van der Waals surface area contributed by atoms with Gasteiger partial charge in [0.2, 0.25) is 0 Å². The van der Waals surface area contributed by atoms with E-state index in [4.69, 9.17) is 11.6 Å². The third-order valence-corrected chi connectivity index (χ3v) is 2.05. The van der Waals surface area contributed by atoms with Crippen LogP contribution in [0.3, 0.4) is 0 Å². The topological polar surface area (TPSA) is 3.24 Å². The molecule has 0 aromatic carbocycles. The van der Waals surface area contributed by atoms with E-state index in [-0.39, 0.29) is 5.88 Å². The fraction of sp³-hybridized carbons (Fsp3) is 1.00. The molecule has 0 aromatic heterocycles. The lowest BCUT2D eigenvalue weighted by Gasteiger charge is -2.22. The maximum Gasteiger partial charge on any atom is 0.401 e. The molecule has 0 rings (SSSR count). The van der Waals surface area contributed by atoms with E-state index in [0.29, 0.717) is 13.1 Å². The predicted molar refractivity (Wildman–Crippen MR) is 52.7 cm³/mol. The Labute approximate surface area is 88.2 Å². The summed E-state index contributed by atoms with van der Waals surface area (Å²) in [7, 11) is 0. The molecule has 0 N–H and O–H groups in total. The van der Waals surface area contributed by atoms with E-state index < -0.39 is 12.7 Å². The molecular formula is C9H17ClF3N. The van der Waals surface area contributed by atoms with Gasteiger partial charge in [0.25, 0.3) is 0 Å². The van der Waals surface area contributed by atoms with E-state index in [2.05, 4.69) is 0 Å². The van der Waals surface area contributed by atoms with Crippen LogP contribution < -0.4 is 0 Å². The van der Waals surface area contributed by atoms with Gasteiger partial charge >= 0.3 is 6.18 Å². The van der Waals surface area contributed by atoms with Gasteiger partial charge in [0, 0.05) is 12.4 Å². The second-order valence-corrected chi connectivity index (χ2v) is 3.67. The van der Waals surface area contributed by atoms with Crippen molar-refractivity contribution < 1.29 is 13.2 Å². The van der Waals surface area contributed by atoms with Crippen LogP contribution in [0.2, 0.25) is 0 Å². The van der Waals surface area contributed by atoms with Gasteiger partial charge in [-0.15, -0.1) is 11.6 Å². The largest absolute Gasteiger partial charge is 0.401 e. The Morgan fingerprint density at radius 3 is 2.21 bits per heavy atom. The summed E-state index contributed by atoms with van der Waals surface area (Å²) >= 11 is 5.43. The van der Waals surface area contributed by atoms with Crippen molar-refractivity contribution >= 4 is 11.6 Å². The van der Waals surface area contributed by atoms with Gasteiger partial charge < -0.3 is 0 Å². The zero-order valence-corrected chi connectivity index (χ0v) is 9.16. The van der Waals surface area contributed by atoms with Crippen LogP contribution in [-0.2, 0) is 0 Å². The third kappa shape index (κ3) is 8.63. The Morgan fingerprint density at radius 2 is 1.79 bits per heavy atom. The highest BCUT2D eigenvalue weighted by atomic mass is 35.5. The molecule has 5 heteroatoms. The van der Waals surface area contributed by atoms with Gasteiger partial charge in [-0.3, -0.25) is 4.90 Å². The molecule has 0 radical (unpaired) electrons. The van der Waals surface area contributed by atoms with E-state index in [1.54, 1.807) is 0 Å². The van der Waals surface area contributed by atoms with Crippen molar-refractivity contribution in [1.82, 2.24) is 4.90 Å². The molecule has 0 aliphatic heterocycles. The second-order valence-electron chi connectivity index (χ2n) is 3.29. The first-order valence-corrected chi connectivity index (χ1v) is 5.38. The summed E-state index contributed by atoms with van der Waals surface area (Å²) < 4.78 is 36.2. The summed E-state index contributed by atoms with van der Waals surface area (Å²) in [6, 6.07) is 0. The minimum absolute atomic E-state index is 0.252. The standard InChI is InChI=1S/C9H17ClF3N/c1-2-3-4-6-14(7-5-10)8-9(11,12)13/h2-8H2,1H3. The minimum atomic E-state index is -4.11. The van der Waals surface area contributed by atoms with E-state index in [1.807, 2.05) is 6.92 Å². The first kappa shape index (κ1) is 14.0. The maximum absolute atomic E-state index is 12.1. The summed E-state index contributed by atoms with van der Waals surface area (Å²) in [5.41, 5.74) is 0. The van der Waals surface area contributed by atoms with Crippen molar-refractivity contribution in [1.29, 1.82) is 0 Å². The first-order chi connectivity index (χ1) is 6.49. The van der Waals surface area contributed by atoms with Crippen molar-refractivity contribution in [2.24, 2.45) is 0 Å². The van der Waals surface area contributed by atoms with Crippen LogP contribution in [0.25, 0.3) is 0 Å². The molecule has 0 heterocycles. The molecule has 0 bridgehead atoms. The van der Waals surface area contributed by atoms with Gasteiger partial charge in [-0.05, 0) is 13.0 Å². The van der Waals surface area contributed by atoms with Gasteiger partial charge in [0.1, 0.15) is 0 Å². The number of hydrogen-bond donors (Lipinski definition) is 0. The Hall–Kier alpha value is 0.0400. The fourth-order valence-electron chi connectivity index (χ4n) is 1.23. The number of nitrogens with zero attached hydrogens (tertiary/aromatic N) is 1. The fourth-order valence-corrected chi connectivity index (χ4v) is 1.47. The predicted octanol–water partition coefficient (Wildman–Crippen LogP) is 3.28. The number of alkyl halides is 4. The summed E-state index contributed by atoms with van der Waals surface area (Å²) in [6.07, 6.45) is -1.32. The molecule has 0 saturated carbocycles. The molecule has 86 valence electrons. The van der Waals surface area contributed by atoms with Crippen LogP contribution >= 0.6 is 11.6 Å². The molecule has 0 saturated heterocycles. The molecule has 0 atom stereocenters. The smallest absolute Gasteiger partial charge is 0.294 e. The second kappa shape index (κ2) is 7.35. The molecule has 0 aliphatic rings. The lowest BCUT2D eigenvalue weighted by molar-refractivity contribution is -0.145. The number of rotatable bonds is 7. The van der Waals surface area contributed by atoms with Gasteiger partial charge in [-0.25, -0.2) is 0 Å². The van der Waals surface area contributed by atoms with Crippen LogP contribution in [-0.4, -0.2) is 36.6 Å². The van der Waals surface area contributed by atoms with Crippen molar-refractivity contribution in [3.63, 3.8) is 0 Å². The van der Waals surface area contributed by atoms with Gasteiger partial charge in [-0.1, -0.05) is 19.8 Å². The van der Waals surface area contributed by atoms with Gasteiger partial charge in [0.15, 0.2) is 0 Å². The number of hydrogen-bond acceptors (Lipinski definition) is 1. The minimum Gasteiger partial charge on any atom is -0.294 e. The van der Waals surface area contributed by atoms with Crippen LogP contribution in [0.5, 0.6) is 0 Å². The van der Waals surface area contributed by atoms with Crippen LogP contribution in [0.1, 0.15) is 26.2 Å². The molecule has 0 amide bonds. The van der Waals surface area contributed by atoms with Gasteiger partial charge in [0.05, 0.1) is 6.54 Å². The summed E-state index contributed by atoms with van der Waals surface area (Å²) in [4.78, 5) is 1.36. The first-order valence-electron chi connectivity index (χ1n) is 4.84. The zero-order chi connectivity index (χ0) is 11.0. The Morgan fingerprint density at radius 1 is 1.14 bits per heavy atom. The molecule has 0 unspecified atom stereocenters. The van der Waals surface area contributed by atoms with E-state index in [0.717, 1.165) is 19.3 Å². The lowest BCUT2D eigenvalue weighted by atomic mass is 10.2. The van der Waals surface area contributed by atoms with E-state index in [9.17, 15) is 13.2 Å². The summed E-state index contributed by atoms with van der Waals surface area (Å²) in [5.74, 6) is 0.252. The zero-order valence-electron chi connectivity index (χ0n) is 8.41. The number of halogens is 4. The summed E-state index contributed by atoms with van der Waals surface area (Å²) in [5, 5.41) is 0. The lowest BCUT2D eigenvalue weighted by Crippen LogP contribution is -2.36. The summed E-state index contributed by atoms with van der Waals surface area (Å²) in [6.45, 7) is 1.98. The third-order valence-electron chi connectivity index (χ3n) is 1.88. The van der Waals surface area contributed by atoms with Crippen molar-refractivity contribution in [3.05, 3.63) is 0 Å². The van der Waals surface area contributed by atoms with E-state index >= 15 is 0 Å². The normalized spacial score (nSPS) is 12.4. The molecule has 0 fully saturated rings. The quantitative estimate of drug-likeness (QED) is 0.480. The molecule has 0 aliphatic carbocycles. The Bertz CT molecular complexity index is 139. The molecule has 1 nitrogen and oxygen atoms in total. The van der Waals surface area contributed by atoms with Crippen molar-refractivity contribution in [2.75, 3.05) is 25.5 Å². The molecule has 14 heavy (non-hydrogen) atoms.